The maximum Gasteiger partial charge on any atom is 0.338 e. The van der Waals surface area contributed by atoms with Gasteiger partial charge in [-0.15, -0.1) is 0 Å². The van der Waals surface area contributed by atoms with Crippen molar-refractivity contribution in [2.45, 2.75) is 13.0 Å². The Labute approximate surface area is 208 Å². The van der Waals surface area contributed by atoms with Gasteiger partial charge in [-0.25, -0.2) is 9.18 Å². The molecule has 0 amide bonds. The monoisotopic (exact) mass is 485 g/mol. The van der Waals surface area contributed by atoms with E-state index in [2.05, 4.69) is 21.9 Å². The number of carboxylic acids is 1. The molecule has 1 N–H and O–H groups in total. The summed E-state index contributed by atoms with van der Waals surface area (Å²) < 4.78 is 16.1. The molecule has 0 saturated carbocycles. The first kappa shape index (κ1) is 23.9. The van der Waals surface area contributed by atoms with Gasteiger partial charge in [0.1, 0.15) is 5.82 Å². The standard InChI is InChI=1S/C29H28FN3O3/c30-24-12-6-7-13-25(24)33-26(27(29(35)36)22-10-4-5-11-23(22)28(33)34)20-32-18-16-31(17-19-32)15-14-21-8-2-1-3-9-21/h1-13H,14-20H2,(H,35,36). The fraction of sp³-hybridized carbons (Fsp3) is 0.241. The zero-order valence-electron chi connectivity index (χ0n) is 19.9. The molecule has 0 spiro atoms. The normalized spacial score (nSPS) is 14.8. The predicted molar refractivity (Wildman–Crippen MR) is 138 cm³/mol. The highest BCUT2D eigenvalue weighted by Crippen LogP contribution is 2.25. The van der Waals surface area contributed by atoms with Gasteiger partial charge >= 0.3 is 5.97 Å². The van der Waals surface area contributed by atoms with Crippen LogP contribution in [-0.4, -0.2) is 58.2 Å². The lowest BCUT2D eigenvalue weighted by molar-refractivity contribution is 0.0693. The number of nitrogens with zero attached hydrogens (tertiary/aromatic N) is 3. The molecule has 1 fully saturated rings. The Morgan fingerprint density at radius 3 is 2.11 bits per heavy atom. The number of pyridine rings is 1. The van der Waals surface area contributed by atoms with Crippen LogP contribution < -0.4 is 5.56 Å². The van der Waals surface area contributed by atoms with Crippen molar-refractivity contribution in [1.29, 1.82) is 0 Å². The number of hydrogen-bond acceptors (Lipinski definition) is 4. The van der Waals surface area contributed by atoms with Gasteiger partial charge in [0, 0.05) is 50.0 Å². The Balaban J connectivity index is 1.46. The molecule has 7 heteroatoms. The third kappa shape index (κ3) is 4.80. The molecule has 36 heavy (non-hydrogen) atoms. The Morgan fingerprint density at radius 2 is 1.42 bits per heavy atom. The van der Waals surface area contributed by atoms with E-state index < -0.39 is 17.3 Å². The average molecular weight is 486 g/mol. The Bertz CT molecular complexity index is 1440. The Morgan fingerprint density at radius 1 is 0.806 bits per heavy atom. The molecule has 6 nitrogen and oxygen atoms in total. The molecule has 1 aliphatic rings. The number of hydrogen-bond donors (Lipinski definition) is 1. The second kappa shape index (κ2) is 10.4. The van der Waals surface area contributed by atoms with Crippen LogP contribution in [0.25, 0.3) is 16.5 Å². The van der Waals surface area contributed by atoms with Gasteiger partial charge in [0.15, 0.2) is 0 Å². The molecule has 1 aromatic heterocycles. The largest absolute Gasteiger partial charge is 0.478 e. The first-order valence-corrected chi connectivity index (χ1v) is 12.2. The van der Waals surface area contributed by atoms with Gasteiger partial charge in [-0.3, -0.25) is 14.3 Å². The molecular weight excluding hydrogens is 457 g/mol. The molecule has 3 aromatic carbocycles. The number of aromatic nitrogens is 1. The second-order valence-electron chi connectivity index (χ2n) is 9.12. The van der Waals surface area contributed by atoms with Gasteiger partial charge in [0.2, 0.25) is 0 Å². The van der Waals surface area contributed by atoms with Crippen molar-refractivity contribution in [2.75, 3.05) is 32.7 Å². The summed E-state index contributed by atoms with van der Waals surface area (Å²) in [5.74, 6) is -1.70. The number of aromatic carboxylic acids is 1. The van der Waals surface area contributed by atoms with E-state index >= 15 is 0 Å². The molecule has 4 aromatic rings. The van der Waals surface area contributed by atoms with Gasteiger partial charge < -0.3 is 10.0 Å². The van der Waals surface area contributed by atoms with Crippen molar-refractivity contribution in [1.82, 2.24) is 14.4 Å². The first-order valence-electron chi connectivity index (χ1n) is 12.2. The summed E-state index contributed by atoms with van der Waals surface area (Å²) in [6, 6.07) is 23.0. The summed E-state index contributed by atoms with van der Waals surface area (Å²) in [6.45, 7) is 4.33. The molecule has 1 saturated heterocycles. The zero-order chi connectivity index (χ0) is 25.1. The highest BCUT2D eigenvalue weighted by Gasteiger charge is 2.26. The molecule has 0 aliphatic carbocycles. The lowest BCUT2D eigenvalue weighted by atomic mass is 10.0. The number of carbonyl (C=O) groups is 1. The predicted octanol–water partition coefficient (Wildman–Crippen LogP) is 4.19. The molecule has 184 valence electrons. The molecule has 0 bridgehead atoms. The van der Waals surface area contributed by atoms with Gasteiger partial charge in [0.05, 0.1) is 16.9 Å². The minimum Gasteiger partial charge on any atom is -0.478 e. The Hall–Kier alpha value is -3.81. The molecular formula is C29H28FN3O3. The van der Waals surface area contributed by atoms with Gasteiger partial charge in [0.25, 0.3) is 5.56 Å². The average Bonchev–Trinajstić information content (AvgIpc) is 2.90. The maximum atomic E-state index is 14.9. The maximum absolute atomic E-state index is 14.9. The fourth-order valence-corrected chi connectivity index (χ4v) is 4.99. The van der Waals surface area contributed by atoms with Crippen molar-refractivity contribution >= 4 is 16.7 Å². The topological polar surface area (TPSA) is 65.8 Å². The summed E-state index contributed by atoms with van der Waals surface area (Å²) in [5.41, 5.74) is 1.29. The summed E-state index contributed by atoms with van der Waals surface area (Å²) in [5, 5.41) is 10.8. The number of halogens is 1. The number of carboxylic acid groups (broad SMARTS) is 1. The van der Waals surface area contributed by atoms with Crippen LogP contribution in [0.5, 0.6) is 0 Å². The fourth-order valence-electron chi connectivity index (χ4n) is 4.99. The van der Waals surface area contributed by atoms with Crippen LogP contribution >= 0.6 is 0 Å². The molecule has 2 heterocycles. The summed E-state index contributed by atoms with van der Waals surface area (Å²) in [7, 11) is 0. The van der Waals surface area contributed by atoms with E-state index in [0.29, 0.717) is 11.1 Å². The van der Waals surface area contributed by atoms with Crippen molar-refractivity contribution in [3.63, 3.8) is 0 Å². The van der Waals surface area contributed by atoms with Crippen LogP contribution in [0.3, 0.4) is 0 Å². The van der Waals surface area contributed by atoms with E-state index in [0.717, 1.165) is 39.1 Å². The van der Waals surface area contributed by atoms with Gasteiger partial charge in [-0.2, -0.15) is 0 Å². The zero-order valence-corrected chi connectivity index (χ0v) is 19.9. The minimum atomic E-state index is -1.13. The van der Waals surface area contributed by atoms with E-state index in [4.69, 9.17) is 0 Å². The number of benzene rings is 3. The number of para-hydroxylation sites is 1. The van der Waals surface area contributed by atoms with Gasteiger partial charge in [-0.05, 0) is 30.2 Å². The minimum absolute atomic E-state index is 0.0416. The summed E-state index contributed by atoms with van der Waals surface area (Å²) in [4.78, 5) is 30.6. The van der Waals surface area contributed by atoms with Crippen LogP contribution in [0.1, 0.15) is 21.6 Å². The number of fused-ring (bicyclic) bond motifs is 1. The molecule has 1 aliphatic heterocycles. The van der Waals surface area contributed by atoms with Crippen LogP contribution in [0.4, 0.5) is 4.39 Å². The molecule has 0 unspecified atom stereocenters. The van der Waals surface area contributed by atoms with E-state index in [1.807, 2.05) is 18.2 Å². The lowest BCUT2D eigenvalue weighted by Crippen LogP contribution is -2.47. The van der Waals surface area contributed by atoms with E-state index in [9.17, 15) is 19.1 Å². The van der Waals surface area contributed by atoms with E-state index in [1.54, 1.807) is 36.4 Å². The highest BCUT2D eigenvalue weighted by atomic mass is 19.1. The van der Waals surface area contributed by atoms with Crippen LogP contribution in [0.15, 0.2) is 83.7 Å². The summed E-state index contributed by atoms with van der Waals surface area (Å²) in [6.07, 6.45) is 0.974. The van der Waals surface area contributed by atoms with Crippen molar-refractivity contribution in [2.24, 2.45) is 0 Å². The smallest absolute Gasteiger partial charge is 0.338 e. The summed E-state index contributed by atoms with van der Waals surface area (Å²) >= 11 is 0. The van der Waals surface area contributed by atoms with E-state index in [-0.39, 0.29) is 23.2 Å². The first-order chi connectivity index (χ1) is 17.5. The van der Waals surface area contributed by atoms with Crippen molar-refractivity contribution in [3.05, 3.63) is 112 Å². The van der Waals surface area contributed by atoms with Crippen LogP contribution in [-0.2, 0) is 13.0 Å². The third-order valence-electron chi connectivity index (χ3n) is 6.89. The van der Waals surface area contributed by atoms with E-state index in [1.165, 1.54) is 22.3 Å². The number of rotatable bonds is 7. The lowest BCUT2D eigenvalue weighted by Gasteiger charge is -2.35. The number of piperazine rings is 1. The van der Waals surface area contributed by atoms with Crippen LogP contribution in [0.2, 0.25) is 0 Å². The van der Waals surface area contributed by atoms with Crippen molar-refractivity contribution < 1.29 is 14.3 Å². The van der Waals surface area contributed by atoms with Gasteiger partial charge in [-0.1, -0.05) is 60.7 Å². The van der Waals surface area contributed by atoms with Crippen molar-refractivity contribution in [3.8, 4) is 5.69 Å². The SMILES string of the molecule is O=C(O)c1c(CN2CCN(CCc3ccccc3)CC2)n(-c2ccccc2F)c(=O)c2ccccc12. The quantitative estimate of drug-likeness (QED) is 0.425. The molecule has 0 atom stereocenters. The Kier molecular flexibility index (Phi) is 6.93. The molecule has 0 radical (unpaired) electrons. The van der Waals surface area contributed by atoms with Crippen LogP contribution in [0, 0.1) is 5.82 Å². The highest BCUT2D eigenvalue weighted by molar-refractivity contribution is 6.04. The second-order valence-corrected chi connectivity index (χ2v) is 9.12. The molecule has 5 rings (SSSR count). The third-order valence-corrected chi connectivity index (χ3v) is 6.89.